The normalized spacial score (nSPS) is 19.5. The third kappa shape index (κ3) is 3.27. The van der Waals surface area contributed by atoms with Gasteiger partial charge in [-0.05, 0) is 43.5 Å². The van der Waals surface area contributed by atoms with Gasteiger partial charge in [0.2, 0.25) is 11.8 Å². The van der Waals surface area contributed by atoms with Crippen LogP contribution in [0.1, 0.15) is 44.9 Å². The van der Waals surface area contributed by atoms with Crippen LogP contribution in [0.2, 0.25) is 0 Å². The quantitative estimate of drug-likeness (QED) is 0.869. The summed E-state index contributed by atoms with van der Waals surface area (Å²) in [5.74, 6) is -1.03. The fourth-order valence-electron chi connectivity index (χ4n) is 3.68. The van der Waals surface area contributed by atoms with Crippen molar-refractivity contribution in [1.29, 1.82) is 0 Å². The molecule has 0 unspecified atom stereocenters. The number of carbonyl (C=O) groups excluding carboxylic acids is 2. The molecule has 128 valence electrons. The molecule has 1 heterocycles. The van der Waals surface area contributed by atoms with Crippen molar-refractivity contribution in [2.75, 3.05) is 16.8 Å². The van der Waals surface area contributed by atoms with Gasteiger partial charge in [-0.1, -0.05) is 12.8 Å². The summed E-state index contributed by atoms with van der Waals surface area (Å²) in [5, 5.41) is 12.2. The number of amides is 2. The van der Waals surface area contributed by atoms with Crippen molar-refractivity contribution in [2.45, 2.75) is 44.9 Å². The molecule has 1 aromatic rings. The number of hydrogen-bond acceptors (Lipinski definition) is 3. The van der Waals surface area contributed by atoms with Crippen LogP contribution < -0.4 is 10.2 Å². The SMILES string of the molecule is O=C(CC1(C(=O)O)CCCC1)Nc1ccc(N2CCCC2=O)cc1. The summed E-state index contributed by atoms with van der Waals surface area (Å²) in [6.45, 7) is 0.728. The van der Waals surface area contributed by atoms with Crippen LogP contribution in [-0.4, -0.2) is 29.4 Å². The van der Waals surface area contributed by atoms with E-state index in [0.717, 1.165) is 31.5 Å². The van der Waals surface area contributed by atoms with E-state index >= 15 is 0 Å². The lowest BCUT2D eigenvalue weighted by molar-refractivity contribution is -0.150. The number of nitrogens with zero attached hydrogens (tertiary/aromatic N) is 1. The Morgan fingerprint density at radius 2 is 1.79 bits per heavy atom. The maximum absolute atomic E-state index is 12.2. The molecule has 0 aromatic heterocycles. The Kier molecular flexibility index (Phi) is 4.55. The Labute approximate surface area is 140 Å². The molecule has 0 spiro atoms. The number of carbonyl (C=O) groups is 3. The number of rotatable bonds is 5. The topological polar surface area (TPSA) is 86.7 Å². The highest BCUT2D eigenvalue weighted by Crippen LogP contribution is 2.41. The number of benzene rings is 1. The summed E-state index contributed by atoms with van der Waals surface area (Å²) in [7, 11) is 0. The van der Waals surface area contributed by atoms with Gasteiger partial charge in [-0.2, -0.15) is 0 Å². The van der Waals surface area contributed by atoms with Crippen molar-refractivity contribution >= 4 is 29.2 Å². The molecule has 0 atom stereocenters. The Morgan fingerprint density at radius 1 is 1.12 bits per heavy atom. The Hall–Kier alpha value is -2.37. The minimum atomic E-state index is -0.911. The zero-order valence-electron chi connectivity index (χ0n) is 13.6. The molecule has 6 nitrogen and oxygen atoms in total. The van der Waals surface area contributed by atoms with Crippen LogP contribution in [0.4, 0.5) is 11.4 Å². The van der Waals surface area contributed by atoms with Gasteiger partial charge in [0.15, 0.2) is 0 Å². The average molecular weight is 330 g/mol. The molecule has 2 amide bonds. The van der Waals surface area contributed by atoms with Gasteiger partial charge in [0, 0.05) is 30.8 Å². The lowest BCUT2D eigenvalue weighted by Gasteiger charge is -2.23. The number of anilines is 2. The molecular formula is C18H22N2O4. The summed E-state index contributed by atoms with van der Waals surface area (Å²) in [4.78, 5) is 37.2. The summed E-state index contributed by atoms with van der Waals surface area (Å²) in [6.07, 6.45) is 4.30. The van der Waals surface area contributed by atoms with E-state index in [0.29, 0.717) is 24.9 Å². The first kappa shape index (κ1) is 16.5. The van der Waals surface area contributed by atoms with Gasteiger partial charge in [-0.3, -0.25) is 14.4 Å². The number of hydrogen-bond donors (Lipinski definition) is 2. The van der Waals surface area contributed by atoms with Gasteiger partial charge in [0.1, 0.15) is 0 Å². The van der Waals surface area contributed by atoms with Crippen LogP contribution in [0.3, 0.4) is 0 Å². The number of nitrogens with one attached hydrogen (secondary N) is 1. The molecule has 2 fully saturated rings. The molecule has 1 saturated carbocycles. The monoisotopic (exact) mass is 330 g/mol. The van der Waals surface area contributed by atoms with Crippen LogP contribution in [0.25, 0.3) is 0 Å². The summed E-state index contributed by atoms with van der Waals surface area (Å²) >= 11 is 0. The van der Waals surface area contributed by atoms with Crippen LogP contribution in [0, 0.1) is 5.41 Å². The number of aliphatic carboxylic acids is 1. The average Bonchev–Trinajstić information content (AvgIpc) is 3.18. The van der Waals surface area contributed by atoms with E-state index < -0.39 is 11.4 Å². The molecule has 6 heteroatoms. The second kappa shape index (κ2) is 6.63. The molecule has 24 heavy (non-hydrogen) atoms. The van der Waals surface area contributed by atoms with Gasteiger partial charge >= 0.3 is 5.97 Å². The summed E-state index contributed by atoms with van der Waals surface area (Å²) < 4.78 is 0. The van der Waals surface area contributed by atoms with E-state index in [4.69, 9.17) is 0 Å². The molecule has 1 aliphatic heterocycles. The zero-order valence-corrected chi connectivity index (χ0v) is 13.6. The van der Waals surface area contributed by atoms with Crippen molar-refractivity contribution in [3.8, 4) is 0 Å². The van der Waals surface area contributed by atoms with E-state index in [1.807, 2.05) is 0 Å². The van der Waals surface area contributed by atoms with Gasteiger partial charge < -0.3 is 15.3 Å². The predicted molar refractivity (Wildman–Crippen MR) is 89.8 cm³/mol. The van der Waals surface area contributed by atoms with Crippen LogP contribution in [-0.2, 0) is 14.4 Å². The smallest absolute Gasteiger partial charge is 0.310 e. The molecule has 2 N–H and O–H groups in total. The first-order valence-electron chi connectivity index (χ1n) is 8.44. The third-order valence-corrected chi connectivity index (χ3v) is 5.05. The Balaban J connectivity index is 1.62. The second-order valence-corrected chi connectivity index (χ2v) is 6.71. The molecule has 0 radical (unpaired) electrons. The first-order chi connectivity index (χ1) is 11.5. The van der Waals surface area contributed by atoms with Gasteiger partial charge in [0.05, 0.1) is 5.41 Å². The van der Waals surface area contributed by atoms with Crippen molar-refractivity contribution in [2.24, 2.45) is 5.41 Å². The molecular weight excluding hydrogens is 308 g/mol. The Morgan fingerprint density at radius 3 is 2.33 bits per heavy atom. The van der Waals surface area contributed by atoms with E-state index in [1.165, 1.54) is 0 Å². The second-order valence-electron chi connectivity index (χ2n) is 6.71. The van der Waals surface area contributed by atoms with E-state index in [1.54, 1.807) is 29.2 Å². The van der Waals surface area contributed by atoms with Crippen LogP contribution in [0.15, 0.2) is 24.3 Å². The third-order valence-electron chi connectivity index (χ3n) is 5.05. The van der Waals surface area contributed by atoms with Crippen molar-refractivity contribution < 1.29 is 19.5 Å². The fraction of sp³-hybridized carbons (Fsp3) is 0.500. The highest BCUT2D eigenvalue weighted by atomic mass is 16.4. The van der Waals surface area contributed by atoms with E-state index in [9.17, 15) is 19.5 Å². The lowest BCUT2D eigenvalue weighted by atomic mass is 9.82. The predicted octanol–water partition coefficient (Wildman–Crippen LogP) is 2.79. The molecule has 1 aromatic carbocycles. The van der Waals surface area contributed by atoms with Crippen molar-refractivity contribution in [1.82, 2.24) is 0 Å². The number of carboxylic acid groups (broad SMARTS) is 1. The van der Waals surface area contributed by atoms with Gasteiger partial charge in [0.25, 0.3) is 0 Å². The fourth-order valence-corrected chi connectivity index (χ4v) is 3.68. The van der Waals surface area contributed by atoms with E-state index in [2.05, 4.69) is 5.32 Å². The standard InChI is InChI=1S/C18H22N2O4/c21-15(12-18(17(23)24)9-1-2-10-18)19-13-5-7-14(8-6-13)20-11-3-4-16(20)22/h5-8H,1-4,9-12H2,(H,19,21)(H,23,24). The lowest BCUT2D eigenvalue weighted by Crippen LogP contribution is -2.32. The van der Waals surface area contributed by atoms with E-state index in [-0.39, 0.29) is 18.2 Å². The number of carboxylic acids is 1. The van der Waals surface area contributed by atoms with Crippen molar-refractivity contribution in [3.63, 3.8) is 0 Å². The minimum Gasteiger partial charge on any atom is -0.481 e. The van der Waals surface area contributed by atoms with Crippen LogP contribution >= 0.6 is 0 Å². The summed E-state index contributed by atoms with van der Waals surface area (Å²) in [5.41, 5.74) is 0.536. The van der Waals surface area contributed by atoms with Crippen molar-refractivity contribution in [3.05, 3.63) is 24.3 Å². The molecule has 1 aliphatic carbocycles. The minimum absolute atomic E-state index is 0.00863. The van der Waals surface area contributed by atoms with Gasteiger partial charge in [-0.25, -0.2) is 0 Å². The molecule has 2 aliphatic rings. The summed E-state index contributed by atoms with van der Waals surface area (Å²) in [6, 6.07) is 7.12. The zero-order chi connectivity index (χ0) is 17.2. The van der Waals surface area contributed by atoms with Gasteiger partial charge in [-0.15, -0.1) is 0 Å². The maximum atomic E-state index is 12.2. The highest BCUT2D eigenvalue weighted by molar-refractivity contribution is 5.97. The highest BCUT2D eigenvalue weighted by Gasteiger charge is 2.42. The molecule has 1 saturated heterocycles. The largest absolute Gasteiger partial charge is 0.481 e. The molecule has 0 bridgehead atoms. The molecule has 3 rings (SSSR count). The van der Waals surface area contributed by atoms with Crippen LogP contribution in [0.5, 0.6) is 0 Å². The maximum Gasteiger partial charge on any atom is 0.310 e. The first-order valence-corrected chi connectivity index (χ1v) is 8.44. The Bertz CT molecular complexity index is 647.